The maximum absolute atomic E-state index is 5.34. The molecule has 0 amide bonds. The molecule has 0 aromatic heterocycles. The molecule has 16 heavy (non-hydrogen) atoms. The Hall–Kier alpha value is -0.960. The molecule has 0 spiro atoms. The summed E-state index contributed by atoms with van der Waals surface area (Å²) in [6.07, 6.45) is 3.19. The summed E-state index contributed by atoms with van der Waals surface area (Å²) in [6.45, 7) is 2.08. The molecule has 0 aliphatic rings. The van der Waals surface area contributed by atoms with E-state index in [0.717, 1.165) is 28.8 Å². The van der Waals surface area contributed by atoms with Gasteiger partial charge in [-0.1, -0.05) is 22.0 Å². The Kier molecular flexibility index (Phi) is 5.39. The smallest absolute Gasteiger partial charge is 0.126 e. The first-order valence-electron chi connectivity index (χ1n) is 5.18. The Balaban J connectivity index is 3.07. The number of hydrogen-bond donors (Lipinski definition) is 0. The van der Waals surface area contributed by atoms with E-state index in [9.17, 15) is 0 Å². The number of ether oxygens (including phenoxy) is 2. The van der Waals surface area contributed by atoms with Crippen molar-refractivity contribution in [2.24, 2.45) is 0 Å². The zero-order chi connectivity index (χ0) is 12.0. The molecule has 0 bridgehead atoms. The van der Waals surface area contributed by atoms with Gasteiger partial charge in [-0.2, -0.15) is 0 Å². The minimum atomic E-state index is 0.849. The summed E-state index contributed by atoms with van der Waals surface area (Å²) in [5, 5.41) is 0.969. The molecule has 1 aromatic carbocycles. The van der Waals surface area contributed by atoms with Crippen molar-refractivity contribution in [2.75, 3.05) is 19.5 Å². The van der Waals surface area contributed by atoms with E-state index in [0.29, 0.717) is 0 Å². The summed E-state index contributed by atoms with van der Waals surface area (Å²) < 4.78 is 10.6. The second-order valence-corrected chi connectivity index (χ2v) is 4.22. The van der Waals surface area contributed by atoms with Crippen LogP contribution in [0.5, 0.6) is 11.5 Å². The molecule has 0 heterocycles. The Bertz CT molecular complexity index is 372. The fraction of sp³-hybridized carbons (Fsp3) is 0.385. The molecule has 0 aliphatic carbocycles. The molecule has 0 aliphatic heterocycles. The van der Waals surface area contributed by atoms with Crippen LogP contribution < -0.4 is 9.47 Å². The number of methoxy groups -OCH3 is 2. The zero-order valence-corrected chi connectivity index (χ0v) is 11.5. The topological polar surface area (TPSA) is 18.5 Å². The van der Waals surface area contributed by atoms with Crippen molar-refractivity contribution >= 4 is 21.5 Å². The van der Waals surface area contributed by atoms with Crippen LogP contribution in [0.2, 0.25) is 0 Å². The fourth-order valence-corrected chi connectivity index (χ4v) is 1.73. The van der Waals surface area contributed by atoms with E-state index in [-0.39, 0.29) is 0 Å². The van der Waals surface area contributed by atoms with Crippen molar-refractivity contribution in [3.63, 3.8) is 0 Å². The van der Waals surface area contributed by atoms with Gasteiger partial charge in [-0.25, -0.2) is 0 Å². The number of halogens is 1. The lowest BCUT2D eigenvalue weighted by atomic mass is 10.0. The van der Waals surface area contributed by atoms with Crippen LogP contribution in [0, 0.1) is 0 Å². The van der Waals surface area contributed by atoms with Crippen LogP contribution in [0.4, 0.5) is 0 Å². The molecular weight excluding hydrogens is 268 g/mol. The number of hydrogen-bond acceptors (Lipinski definition) is 2. The highest BCUT2D eigenvalue weighted by Crippen LogP contribution is 2.30. The molecular formula is C13H17BrO2. The predicted molar refractivity (Wildman–Crippen MR) is 71.6 cm³/mol. The van der Waals surface area contributed by atoms with Gasteiger partial charge in [-0.05, 0) is 37.1 Å². The van der Waals surface area contributed by atoms with E-state index >= 15 is 0 Å². The minimum absolute atomic E-state index is 0.849. The lowest BCUT2D eigenvalue weighted by molar-refractivity contribution is 0.402. The molecule has 2 nitrogen and oxygen atoms in total. The van der Waals surface area contributed by atoms with Crippen LogP contribution in [-0.4, -0.2) is 19.5 Å². The molecule has 0 fully saturated rings. The van der Waals surface area contributed by atoms with Crippen LogP contribution in [0.15, 0.2) is 24.3 Å². The van der Waals surface area contributed by atoms with Crippen LogP contribution in [0.25, 0.3) is 5.57 Å². The largest absolute Gasteiger partial charge is 0.497 e. The minimum Gasteiger partial charge on any atom is -0.497 e. The van der Waals surface area contributed by atoms with Gasteiger partial charge >= 0.3 is 0 Å². The second-order valence-electron chi connectivity index (χ2n) is 3.43. The van der Waals surface area contributed by atoms with Gasteiger partial charge in [-0.15, -0.1) is 0 Å². The quantitative estimate of drug-likeness (QED) is 0.764. The molecule has 0 atom stereocenters. The summed E-state index contributed by atoms with van der Waals surface area (Å²) >= 11 is 3.41. The van der Waals surface area contributed by atoms with Crippen molar-refractivity contribution in [1.82, 2.24) is 0 Å². The Morgan fingerprint density at radius 2 is 2.06 bits per heavy atom. The number of alkyl halides is 1. The lowest BCUT2D eigenvalue weighted by Gasteiger charge is -2.10. The predicted octanol–water partition coefficient (Wildman–Crippen LogP) is 3.89. The van der Waals surface area contributed by atoms with Crippen LogP contribution in [-0.2, 0) is 0 Å². The first-order chi connectivity index (χ1) is 7.72. The number of benzene rings is 1. The van der Waals surface area contributed by atoms with Crippen molar-refractivity contribution in [2.45, 2.75) is 13.3 Å². The highest BCUT2D eigenvalue weighted by Gasteiger charge is 2.06. The van der Waals surface area contributed by atoms with Crippen molar-refractivity contribution in [3.05, 3.63) is 29.8 Å². The normalized spacial score (nSPS) is 11.4. The van der Waals surface area contributed by atoms with Gasteiger partial charge in [0.2, 0.25) is 0 Å². The van der Waals surface area contributed by atoms with Gasteiger partial charge < -0.3 is 9.47 Å². The average Bonchev–Trinajstić information content (AvgIpc) is 2.35. The molecule has 88 valence electrons. The van der Waals surface area contributed by atoms with E-state index in [1.165, 1.54) is 5.57 Å². The molecule has 0 saturated heterocycles. The maximum atomic E-state index is 5.34. The molecule has 0 saturated carbocycles. The van der Waals surface area contributed by atoms with Gasteiger partial charge in [-0.3, -0.25) is 0 Å². The zero-order valence-electron chi connectivity index (χ0n) is 9.92. The summed E-state index contributed by atoms with van der Waals surface area (Å²) in [4.78, 5) is 0. The van der Waals surface area contributed by atoms with Gasteiger partial charge in [0.05, 0.1) is 14.2 Å². The summed E-state index contributed by atoms with van der Waals surface area (Å²) in [5.41, 5.74) is 2.29. The van der Waals surface area contributed by atoms with Gasteiger partial charge in [0.25, 0.3) is 0 Å². The number of rotatable bonds is 5. The second kappa shape index (κ2) is 6.59. The molecule has 0 N–H and O–H groups in total. The lowest BCUT2D eigenvalue weighted by Crippen LogP contribution is -1.92. The van der Waals surface area contributed by atoms with Gasteiger partial charge in [0, 0.05) is 10.9 Å². The van der Waals surface area contributed by atoms with E-state index in [4.69, 9.17) is 9.47 Å². The highest BCUT2D eigenvalue weighted by molar-refractivity contribution is 9.09. The average molecular weight is 285 g/mol. The van der Waals surface area contributed by atoms with Crippen LogP contribution in [0.3, 0.4) is 0 Å². The van der Waals surface area contributed by atoms with E-state index in [2.05, 4.69) is 28.9 Å². The third kappa shape index (κ3) is 3.27. The van der Waals surface area contributed by atoms with E-state index < -0.39 is 0 Å². The van der Waals surface area contributed by atoms with Crippen molar-refractivity contribution in [3.8, 4) is 11.5 Å². The SMILES string of the molecule is COc1ccc(OC)c(/C(C)=C/CCBr)c1. The Labute approximate surface area is 105 Å². The standard InChI is InChI=1S/C13H17BrO2/c1-10(5-4-8-14)12-9-11(15-2)6-7-13(12)16-3/h5-7,9H,4,8H2,1-3H3/b10-5+. The summed E-state index contributed by atoms with van der Waals surface area (Å²) in [6, 6.07) is 5.83. The summed E-state index contributed by atoms with van der Waals surface area (Å²) in [7, 11) is 3.35. The third-order valence-electron chi connectivity index (χ3n) is 2.39. The van der Waals surface area contributed by atoms with Gasteiger partial charge in [0.15, 0.2) is 0 Å². The highest BCUT2D eigenvalue weighted by atomic mass is 79.9. The molecule has 0 unspecified atom stereocenters. The number of allylic oxidation sites excluding steroid dienone is 2. The van der Waals surface area contributed by atoms with Crippen molar-refractivity contribution < 1.29 is 9.47 Å². The first kappa shape index (κ1) is 13.1. The molecule has 1 aromatic rings. The van der Waals surface area contributed by atoms with Crippen LogP contribution in [0.1, 0.15) is 18.9 Å². The first-order valence-corrected chi connectivity index (χ1v) is 6.30. The molecule has 0 radical (unpaired) electrons. The molecule has 3 heteroatoms. The summed E-state index contributed by atoms with van der Waals surface area (Å²) in [5.74, 6) is 1.73. The maximum Gasteiger partial charge on any atom is 0.126 e. The Morgan fingerprint density at radius 3 is 2.62 bits per heavy atom. The van der Waals surface area contributed by atoms with E-state index in [1.807, 2.05) is 18.2 Å². The van der Waals surface area contributed by atoms with Crippen molar-refractivity contribution in [1.29, 1.82) is 0 Å². The van der Waals surface area contributed by atoms with E-state index in [1.54, 1.807) is 14.2 Å². The third-order valence-corrected chi connectivity index (χ3v) is 2.85. The fourth-order valence-electron chi connectivity index (χ4n) is 1.50. The monoisotopic (exact) mass is 284 g/mol. The molecule has 1 rings (SSSR count). The van der Waals surface area contributed by atoms with Crippen LogP contribution >= 0.6 is 15.9 Å². The van der Waals surface area contributed by atoms with Gasteiger partial charge in [0.1, 0.15) is 11.5 Å². The Morgan fingerprint density at radius 1 is 1.31 bits per heavy atom.